The smallest absolute Gasteiger partial charge is 0.195 e. The van der Waals surface area contributed by atoms with E-state index in [-0.39, 0.29) is 16.4 Å². The van der Waals surface area contributed by atoms with Crippen LogP contribution in [0, 0.1) is 8.70 Å². The van der Waals surface area contributed by atoms with Gasteiger partial charge in [0.1, 0.15) is 5.82 Å². The highest BCUT2D eigenvalue weighted by Crippen LogP contribution is 2.24. The fourth-order valence-corrected chi connectivity index (χ4v) is 2.79. The van der Waals surface area contributed by atoms with Crippen LogP contribution in [0.2, 0.25) is 5.02 Å². The number of hydrogen-bond donors (Lipinski definition) is 0. The molecule has 2 aromatic rings. The summed E-state index contributed by atoms with van der Waals surface area (Å²) in [7, 11) is 0. The van der Waals surface area contributed by atoms with E-state index in [1.807, 2.05) is 0 Å². The summed E-state index contributed by atoms with van der Waals surface area (Å²) in [4.78, 5) is 12.0. The minimum absolute atomic E-state index is 0.205. The van der Waals surface area contributed by atoms with E-state index in [4.69, 9.17) is 11.6 Å². The lowest BCUT2D eigenvalue weighted by Gasteiger charge is -2.01. The van der Waals surface area contributed by atoms with Crippen LogP contribution in [0.3, 0.4) is 0 Å². The van der Waals surface area contributed by atoms with Crippen LogP contribution in [0.4, 0.5) is 4.39 Å². The minimum atomic E-state index is -0.460. The molecule has 0 spiro atoms. The Bertz CT molecular complexity index is 553. The number of ketones is 1. The van der Waals surface area contributed by atoms with E-state index in [1.165, 1.54) is 23.5 Å². The zero-order valence-electron chi connectivity index (χ0n) is 7.84. The molecule has 0 aliphatic rings. The van der Waals surface area contributed by atoms with Gasteiger partial charge >= 0.3 is 0 Å². The molecule has 5 heteroatoms. The normalized spacial score (nSPS) is 10.4. The second-order valence-electron chi connectivity index (χ2n) is 3.09. The van der Waals surface area contributed by atoms with E-state index < -0.39 is 5.82 Å². The van der Waals surface area contributed by atoms with E-state index >= 15 is 0 Å². The molecule has 0 fully saturated rings. The lowest BCUT2D eigenvalue weighted by molar-refractivity contribution is 0.103. The Kier molecular flexibility index (Phi) is 3.61. The summed E-state index contributed by atoms with van der Waals surface area (Å²) < 4.78 is 14.0. The van der Waals surface area contributed by atoms with Crippen LogP contribution in [0.15, 0.2) is 29.6 Å². The second-order valence-corrected chi connectivity index (χ2v) is 6.31. The van der Waals surface area contributed by atoms with Gasteiger partial charge in [-0.1, -0.05) is 11.6 Å². The zero-order valence-corrected chi connectivity index (χ0v) is 11.6. The summed E-state index contributed by atoms with van der Waals surface area (Å²) in [5.41, 5.74) is 0.748. The first-order valence-electron chi connectivity index (χ1n) is 4.31. The van der Waals surface area contributed by atoms with Crippen molar-refractivity contribution in [3.05, 3.63) is 54.5 Å². The van der Waals surface area contributed by atoms with Crippen molar-refractivity contribution in [3.8, 4) is 0 Å². The first-order chi connectivity index (χ1) is 7.58. The molecule has 0 N–H and O–H groups in total. The first-order valence-corrected chi connectivity index (χ1v) is 6.65. The van der Waals surface area contributed by atoms with Crippen LogP contribution in [-0.4, -0.2) is 5.78 Å². The standard InChI is InChI=1S/C11H5ClFIOS/c12-9-2-1-7(13)4-8(9)11(15)6-3-10(14)16-5-6/h1-5H. The van der Waals surface area contributed by atoms with Gasteiger partial charge in [-0.3, -0.25) is 4.79 Å². The number of rotatable bonds is 2. The van der Waals surface area contributed by atoms with E-state index in [1.54, 1.807) is 11.4 Å². The number of carbonyl (C=O) groups is 1. The molecule has 2 rings (SSSR count). The molecular formula is C11H5ClFIOS. The van der Waals surface area contributed by atoms with Crippen molar-refractivity contribution in [2.45, 2.75) is 0 Å². The fraction of sp³-hybridized carbons (Fsp3) is 0. The van der Waals surface area contributed by atoms with Crippen LogP contribution in [-0.2, 0) is 0 Å². The highest BCUT2D eigenvalue weighted by molar-refractivity contribution is 14.1. The van der Waals surface area contributed by atoms with Gasteiger partial charge < -0.3 is 0 Å². The Labute approximate surface area is 114 Å². The Morgan fingerprint density at radius 3 is 2.75 bits per heavy atom. The molecule has 16 heavy (non-hydrogen) atoms. The van der Waals surface area contributed by atoms with Crippen molar-refractivity contribution >= 4 is 51.3 Å². The average molecular weight is 367 g/mol. The van der Waals surface area contributed by atoms with Gasteiger partial charge in [0.25, 0.3) is 0 Å². The molecule has 0 amide bonds. The van der Waals surface area contributed by atoms with Gasteiger partial charge in [-0.2, -0.15) is 0 Å². The molecule has 1 aromatic carbocycles. The summed E-state index contributed by atoms with van der Waals surface area (Å²) in [6.45, 7) is 0. The van der Waals surface area contributed by atoms with Gasteiger partial charge in [-0.25, -0.2) is 4.39 Å². The van der Waals surface area contributed by atoms with Gasteiger partial charge in [0.15, 0.2) is 5.78 Å². The highest BCUT2D eigenvalue weighted by atomic mass is 127. The number of carbonyl (C=O) groups excluding carboxylic acids is 1. The Hall–Kier alpha value is -0.460. The molecule has 0 aliphatic carbocycles. The predicted molar refractivity (Wildman–Crippen MR) is 71.9 cm³/mol. The molecule has 0 saturated carbocycles. The van der Waals surface area contributed by atoms with Crippen LogP contribution in [0.25, 0.3) is 0 Å². The van der Waals surface area contributed by atoms with Crippen LogP contribution in [0.5, 0.6) is 0 Å². The number of halogens is 3. The quantitative estimate of drug-likeness (QED) is 0.569. The third-order valence-corrected chi connectivity index (χ3v) is 4.12. The van der Waals surface area contributed by atoms with E-state index in [2.05, 4.69) is 22.6 Å². The van der Waals surface area contributed by atoms with Crippen molar-refractivity contribution < 1.29 is 9.18 Å². The van der Waals surface area contributed by atoms with Crippen LogP contribution in [0.1, 0.15) is 15.9 Å². The maximum Gasteiger partial charge on any atom is 0.195 e. The van der Waals surface area contributed by atoms with Crippen molar-refractivity contribution in [3.63, 3.8) is 0 Å². The van der Waals surface area contributed by atoms with Crippen molar-refractivity contribution in [1.82, 2.24) is 0 Å². The molecule has 1 nitrogen and oxygen atoms in total. The third kappa shape index (κ3) is 2.44. The van der Waals surface area contributed by atoms with Crippen molar-refractivity contribution in [1.29, 1.82) is 0 Å². The highest BCUT2D eigenvalue weighted by Gasteiger charge is 2.14. The molecule has 0 bridgehead atoms. The molecule has 0 atom stereocenters. The predicted octanol–water partition coefficient (Wildman–Crippen LogP) is 4.38. The summed E-state index contributed by atoms with van der Waals surface area (Å²) in [5.74, 6) is -0.707. The molecule has 1 aromatic heterocycles. The molecule has 0 radical (unpaired) electrons. The molecule has 0 unspecified atom stereocenters. The Morgan fingerprint density at radius 1 is 1.38 bits per heavy atom. The van der Waals surface area contributed by atoms with Crippen LogP contribution < -0.4 is 0 Å². The first kappa shape index (κ1) is 12.0. The number of thiophene rings is 1. The maximum atomic E-state index is 13.0. The molecule has 82 valence electrons. The minimum Gasteiger partial charge on any atom is -0.289 e. The van der Waals surface area contributed by atoms with Crippen LogP contribution >= 0.6 is 45.5 Å². The fourth-order valence-electron chi connectivity index (χ4n) is 1.26. The van der Waals surface area contributed by atoms with Crippen molar-refractivity contribution in [2.24, 2.45) is 0 Å². The van der Waals surface area contributed by atoms with E-state index in [9.17, 15) is 9.18 Å². The monoisotopic (exact) mass is 366 g/mol. The third-order valence-electron chi connectivity index (χ3n) is 2.00. The number of hydrogen-bond acceptors (Lipinski definition) is 2. The van der Waals surface area contributed by atoms with Gasteiger partial charge in [-0.05, 0) is 46.9 Å². The molecule has 0 saturated heterocycles. The average Bonchev–Trinajstić information content (AvgIpc) is 2.67. The summed E-state index contributed by atoms with van der Waals surface area (Å²) in [6, 6.07) is 5.54. The second kappa shape index (κ2) is 4.81. The summed E-state index contributed by atoms with van der Waals surface area (Å²) in [5, 5.41) is 2.01. The summed E-state index contributed by atoms with van der Waals surface area (Å²) >= 11 is 9.46. The Morgan fingerprint density at radius 2 is 2.12 bits per heavy atom. The number of benzene rings is 1. The lowest BCUT2D eigenvalue weighted by Crippen LogP contribution is -2.01. The van der Waals surface area contributed by atoms with Gasteiger partial charge in [-0.15, -0.1) is 11.3 Å². The Balaban J connectivity index is 2.45. The zero-order chi connectivity index (χ0) is 11.7. The summed E-state index contributed by atoms with van der Waals surface area (Å²) in [6.07, 6.45) is 0. The van der Waals surface area contributed by atoms with Crippen molar-refractivity contribution in [2.75, 3.05) is 0 Å². The molecule has 0 aliphatic heterocycles. The van der Waals surface area contributed by atoms with E-state index in [0.717, 1.165) is 8.95 Å². The molecule has 1 heterocycles. The van der Waals surface area contributed by atoms with Gasteiger partial charge in [0, 0.05) is 16.5 Å². The van der Waals surface area contributed by atoms with E-state index in [0.29, 0.717) is 5.56 Å². The topological polar surface area (TPSA) is 17.1 Å². The lowest BCUT2D eigenvalue weighted by atomic mass is 10.1. The molecular weight excluding hydrogens is 362 g/mol. The maximum absolute atomic E-state index is 13.0. The largest absolute Gasteiger partial charge is 0.289 e. The van der Waals surface area contributed by atoms with Gasteiger partial charge in [0.2, 0.25) is 0 Å². The SMILES string of the molecule is O=C(c1csc(I)c1)c1cc(F)ccc1Cl. The van der Waals surface area contributed by atoms with Gasteiger partial charge in [0.05, 0.1) is 7.91 Å².